The number of pyridine rings is 1. The number of nitrogens with one attached hydrogen (secondary N) is 2. The molecule has 2 N–H and O–H groups in total. The first kappa shape index (κ1) is 16.9. The summed E-state index contributed by atoms with van der Waals surface area (Å²) in [7, 11) is -1.84. The Balaban J connectivity index is 2.46. The lowest BCUT2D eigenvalue weighted by molar-refractivity contribution is 0.0762. The normalized spacial score (nSPS) is 11.8. The number of anilines is 1. The van der Waals surface area contributed by atoms with Crippen molar-refractivity contribution in [1.82, 2.24) is 9.71 Å². The van der Waals surface area contributed by atoms with Gasteiger partial charge in [0.2, 0.25) is 10.0 Å². The number of ether oxygens (including phenoxy) is 1. The Hall–Kier alpha value is -1.18. The fourth-order valence-corrected chi connectivity index (χ4v) is 2.86. The van der Waals surface area contributed by atoms with Crippen LogP contribution in [0.15, 0.2) is 23.4 Å². The van der Waals surface area contributed by atoms with E-state index in [1.54, 1.807) is 19.3 Å². The van der Waals surface area contributed by atoms with Gasteiger partial charge < -0.3 is 10.1 Å². The van der Waals surface area contributed by atoms with Gasteiger partial charge in [-0.15, -0.1) is 0 Å². The third-order valence-corrected chi connectivity index (χ3v) is 4.15. The van der Waals surface area contributed by atoms with E-state index in [-0.39, 0.29) is 11.0 Å². The minimum Gasteiger partial charge on any atom is -0.387 e. The fourth-order valence-electron chi connectivity index (χ4n) is 1.63. The highest BCUT2D eigenvalue weighted by molar-refractivity contribution is 7.89. The molecule has 6 nitrogen and oxygen atoms in total. The second-order valence-electron chi connectivity index (χ2n) is 4.65. The second-order valence-corrected chi connectivity index (χ2v) is 6.38. The molecule has 0 aliphatic carbocycles. The molecule has 0 aliphatic rings. The molecule has 0 saturated heterocycles. The van der Waals surface area contributed by atoms with E-state index in [1.807, 2.05) is 13.8 Å². The first-order chi connectivity index (χ1) is 9.47. The number of hydrogen-bond acceptors (Lipinski definition) is 5. The Morgan fingerprint density at radius 1 is 1.35 bits per heavy atom. The zero-order valence-electron chi connectivity index (χ0n) is 12.2. The quantitative estimate of drug-likeness (QED) is 0.677. The molecule has 0 saturated carbocycles. The molecule has 0 amide bonds. The standard InChI is InChI=1S/C13H23N3O3S/c1-11(2)19-9-5-4-7-16-20(17,18)13-10-15-8-6-12(13)14-3/h6,8,10-11,16H,4-5,7,9H2,1-3H3,(H,14,15). The summed E-state index contributed by atoms with van der Waals surface area (Å²) < 4.78 is 32.2. The van der Waals surface area contributed by atoms with Crippen molar-refractivity contribution in [3.8, 4) is 0 Å². The summed E-state index contributed by atoms with van der Waals surface area (Å²) >= 11 is 0. The maximum Gasteiger partial charge on any atom is 0.244 e. The molecule has 0 radical (unpaired) electrons. The van der Waals surface area contributed by atoms with Gasteiger partial charge in [0, 0.05) is 32.6 Å². The van der Waals surface area contributed by atoms with E-state index in [2.05, 4.69) is 15.0 Å². The Kier molecular flexibility index (Phi) is 6.90. The summed E-state index contributed by atoms with van der Waals surface area (Å²) in [5.74, 6) is 0. The van der Waals surface area contributed by atoms with Crippen molar-refractivity contribution in [3.05, 3.63) is 18.5 Å². The molecule has 0 atom stereocenters. The Morgan fingerprint density at radius 3 is 2.75 bits per heavy atom. The molecule has 114 valence electrons. The Morgan fingerprint density at radius 2 is 2.10 bits per heavy atom. The zero-order chi connectivity index (χ0) is 15.0. The molecule has 0 bridgehead atoms. The fraction of sp³-hybridized carbons (Fsp3) is 0.615. The van der Waals surface area contributed by atoms with Gasteiger partial charge in [-0.2, -0.15) is 0 Å². The molecule has 0 fully saturated rings. The summed E-state index contributed by atoms with van der Waals surface area (Å²) in [6.45, 7) is 4.99. The zero-order valence-corrected chi connectivity index (χ0v) is 13.0. The van der Waals surface area contributed by atoms with Crippen LogP contribution in [0.2, 0.25) is 0 Å². The molecule has 1 heterocycles. The third-order valence-electron chi connectivity index (χ3n) is 2.66. The van der Waals surface area contributed by atoms with Crippen LogP contribution in [-0.2, 0) is 14.8 Å². The number of aromatic nitrogens is 1. The number of hydrogen-bond donors (Lipinski definition) is 2. The van der Waals surface area contributed by atoms with Gasteiger partial charge in [-0.1, -0.05) is 0 Å². The smallest absolute Gasteiger partial charge is 0.244 e. The molecular formula is C13H23N3O3S. The lowest BCUT2D eigenvalue weighted by atomic mass is 10.3. The van der Waals surface area contributed by atoms with Crippen LogP contribution < -0.4 is 10.0 Å². The van der Waals surface area contributed by atoms with Crippen molar-refractivity contribution in [2.24, 2.45) is 0 Å². The maximum atomic E-state index is 12.1. The molecular weight excluding hydrogens is 278 g/mol. The molecule has 1 rings (SSSR count). The summed E-state index contributed by atoms with van der Waals surface area (Å²) in [6.07, 6.45) is 4.66. The molecule has 0 spiro atoms. The van der Waals surface area contributed by atoms with Gasteiger partial charge in [0.15, 0.2) is 0 Å². The predicted molar refractivity (Wildman–Crippen MR) is 79.3 cm³/mol. The van der Waals surface area contributed by atoms with Crippen LogP contribution in [0.5, 0.6) is 0 Å². The molecule has 0 unspecified atom stereocenters. The number of rotatable bonds is 9. The first-order valence-corrected chi connectivity index (χ1v) is 8.18. The molecule has 20 heavy (non-hydrogen) atoms. The molecule has 7 heteroatoms. The van der Waals surface area contributed by atoms with Gasteiger partial charge in [0.25, 0.3) is 0 Å². The van der Waals surface area contributed by atoms with Crippen molar-refractivity contribution >= 4 is 15.7 Å². The lowest BCUT2D eigenvalue weighted by Gasteiger charge is -2.11. The summed E-state index contributed by atoms with van der Waals surface area (Å²) in [5, 5.41) is 2.85. The molecule has 1 aromatic rings. The minimum absolute atomic E-state index is 0.168. The van der Waals surface area contributed by atoms with Crippen LogP contribution in [0.25, 0.3) is 0 Å². The lowest BCUT2D eigenvalue weighted by Crippen LogP contribution is -2.26. The SMILES string of the molecule is CNc1ccncc1S(=O)(=O)NCCCCOC(C)C. The van der Waals surface area contributed by atoms with Gasteiger partial charge >= 0.3 is 0 Å². The van der Waals surface area contributed by atoms with Crippen molar-refractivity contribution in [2.75, 3.05) is 25.5 Å². The first-order valence-electron chi connectivity index (χ1n) is 6.70. The van der Waals surface area contributed by atoms with Crippen molar-refractivity contribution in [1.29, 1.82) is 0 Å². The Bertz CT molecular complexity index is 503. The van der Waals surface area contributed by atoms with E-state index in [0.29, 0.717) is 18.8 Å². The van der Waals surface area contributed by atoms with Crippen LogP contribution in [0.4, 0.5) is 5.69 Å². The Labute approximate surface area is 121 Å². The van der Waals surface area contributed by atoms with E-state index >= 15 is 0 Å². The minimum atomic E-state index is -3.52. The molecule has 0 aromatic carbocycles. The highest BCUT2D eigenvalue weighted by Crippen LogP contribution is 2.18. The topological polar surface area (TPSA) is 80.3 Å². The van der Waals surface area contributed by atoms with E-state index in [9.17, 15) is 8.42 Å². The summed E-state index contributed by atoms with van der Waals surface area (Å²) in [5.41, 5.74) is 0.538. The highest BCUT2D eigenvalue weighted by atomic mass is 32.2. The van der Waals surface area contributed by atoms with Gasteiger partial charge in [-0.3, -0.25) is 4.98 Å². The number of sulfonamides is 1. The third kappa shape index (κ3) is 5.44. The van der Waals surface area contributed by atoms with Crippen LogP contribution >= 0.6 is 0 Å². The van der Waals surface area contributed by atoms with Crippen molar-refractivity contribution < 1.29 is 13.2 Å². The van der Waals surface area contributed by atoms with Gasteiger partial charge in [0.05, 0.1) is 11.8 Å². The monoisotopic (exact) mass is 301 g/mol. The van der Waals surface area contributed by atoms with Gasteiger partial charge in [-0.05, 0) is 32.8 Å². The molecule has 1 aromatic heterocycles. The maximum absolute atomic E-state index is 12.1. The van der Waals surface area contributed by atoms with Crippen LogP contribution in [0.1, 0.15) is 26.7 Å². The summed E-state index contributed by atoms with van der Waals surface area (Å²) in [6, 6.07) is 1.63. The van der Waals surface area contributed by atoms with E-state index in [1.165, 1.54) is 6.20 Å². The van der Waals surface area contributed by atoms with Crippen molar-refractivity contribution in [2.45, 2.75) is 37.7 Å². The highest BCUT2D eigenvalue weighted by Gasteiger charge is 2.17. The van der Waals surface area contributed by atoms with Gasteiger partial charge in [-0.25, -0.2) is 13.1 Å². The average Bonchev–Trinajstić information content (AvgIpc) is 2.42. The average molecular weight is 301 g/mol. The van der Waals surface area contributed by atoms with Gasteiger partial charge in [0.1, 0.15) is 4.90 Å². The van der Waals surface area contributed by atoms with E-state index in [0.717, 1.165) is 12.8 Å². The predicted octanol–water partition coefficient (Wildman–Crippen LogP) is 1.61. The van der Waals surface area contributed by atoms with E-state index in [4.69, 9.17) is 4.74 Å². The van der Waals surface area contributed by atoms with Crippen LogP contribution in [0.3, 0.4) is 0 Å². The molecule has 0 aliphatic heterocycles. The number of nitrogens with zero attached hydrogens (tertiary/aromatic N) is 1. The van der Waals surface area contributed by atoms with Crippen LogP contribution in [-0.4, -0.2) is 39.7 Å². The second kappa shape index (κ2) is 8.18. The largest absolute Gasteiger partial charge is 0.387 e. The number of unbranched alkanes of at least 4 members (excludes halogenated alkanes) is 1. The van der Waals surface area contributed by atoms with Crippen LogP contribution in [0, 0.1) is 0 Å². The van der Waals surface area contributed by atoms with E-state index < -0.39 is 10.0 Å². The van der Waals surface area contributed by atoms with Crippen molar-refractivity contribution in [3.63, 3.8) is 0 Å². The summed E-state index contributed by atoms with van der Waals surface area (Å²) in [4.78, 5) is 4.03.